The van der Waals surface area contributed by atoms with Crippen LogP contribution in [0.25, 0.3) is 0 Å². The molecule has 0 radical (unpaired) electrons. The third-order valence-electron chi connectivity index (χ3n) is 4.02. The highest BCUT2D eigenvalue weighted by molar-refractivity contribution is 6.39. The summed E-state index contributed by atoms with van der Waals surface area (Å²) in [4.78, 5) is 23.6. The van der Waals surface area contributed by atoms with Crippen molar-refractivity contribution in [1.29, 1.82) is 0 Å². The van der Waals surface area contributed by atoms with Crippen molar-refractivity contribution < 1.29 is 19.1 Å². The molecule has 2 rings (SSSR count). The number of benzene rings is 1. The molecular weight excluding hydrogens is 287 g/mol. The third kappa shape index (κ3) is 4.27. The molecule has 2 amide bonds. The number of aryl methyl sites for hydroxylation is 1. The third-order valence-corrected chi connectivity index (χ3v) is 4.02. The molecule has 6 heteroatoms. The molecule has 5 nitrogen and oxygen atoms in total. The average Bonchev–Trinajstić information content (AvgIpc) is 2.50. The standard InChI is InChI=1S/C16H21FN2O3/c1-10-8-12(6-7-13(10)17)19-16(22)15(21)18-9-11-4-2-3-5-14(11)20/h6-8,11,14,20H,2-5,9H2,1H3,(H,18,21)(H,19,22)/t11-,14-/m0/s1. The largest absolute Gasteiger partial charge is 0.393 e. The Kier molecular flexibility index (Phi) is 5.49. The van der Waals surface area contributed by atoms with E-state index in [4.69, 9.17) is 0 Å². The lowest BCUT2D eigenvalue weighted by atomic mass is 9.86. The second-order valence-electron chi connectivity index (χ2n) is 5.74. The molecule has 0 aromatic heterocycles. The van der Waals surface area contributed by atoms with Crippen LogP contribution in [-0.4, -0.2) is 29.6 Å². The number of aliphatic hydroxyl groups is 1. The van der Waals surface area contributed by atoms with Gasteiger partial charge in [0.2, 0.25) is 0 Å². The summed E-state index contributed by atoms with van der Waals surface area (Å²) < 4.78 is 13.1. The smallest absolute Gasteiger partial charge is 0.313 e. The van der Waals surface area contributed by atoms with Gasteiger partial charge < -0.3 is 15.7 Å². The van der Waals surface area contributed by atoms with E-state index in [0.717, 1.165) is 25.7 Å². The summed E-state index contributed by atoms with van der Waals surface area (Å²) in [5.74, 6) is -1.91. The van der Waals surface area contributed by atoms with Crippen LogP contribution in [-0.2, 0) is 9.59 Å². The summed E-state index contributed by atoms with van der Waals surface area (Å²) in [6.07, 6.45) is 3.19. The van der Waals surface area contributed by atoms with Crippen molar-refractivity contribution in [2.45, 2.75) is 38.7 Å². The van der Waals surface area contributed by atoms with Gasteiger partial charge in [-0.3, -0.25) is 9.59 Å². The van der Waals surface area contributed by atoms with Gasteiger partial charge in [0.15, 0.2) is 0 Å². The zero-order valence-electron chi connectivity index (χ0n) is 12.6. The fourth-order valence-electron chi connectivity index (χ4n) is 2.64. The summed E-state index contributed by atoms with van der Waals surface area (Å²) >= 11 is 0. The molecule has 1 saturated carbocycles. The maximum absolute atomic E-state index is 13.1. The Morgan fingerprint density at radius 2 is 2.00 bits per heavy atom. The molecular formula is C16H21FN2O3. The second kappa shape index (κ2) is 7.35. The minimum Gasteiger partial charge on any atom is -0.393 e. The number of carbonyl (C=O) groups is 2. The molecule has 1 fully saturated rings. The van der Waals surface area contributed by atoms with Crippen molar-refractivity contribution in [3.05, 3.63) is 29.6 Å². The average molecular weight is 308 g/mol. The molecule has 3 N–H and O–H groups in total. The lowest BCUT2D eigenvalue weighted by Gasteiger charge is -2.27. The van der Waals surface area contributed by atoms with Crippen molar-refractivity contribution >= 4 is 17.5 Å². The number of hydrogen-bond donors (Lipinski definition) is 3. The first-order chi connectivity index (χ1) is 10.5. The van der Waals surface area contributed by atoms with Crippen LogP contribution in [0.5, 0.6) is 0 Å². The summed E-state index contributed by atoms with van der Waals surface area (Å²) in [7, 11) is 0. The van der Waals surface area contributed by atoms with Gasteiger partial charge >= 0.3 is 11.8 Å². The minimum absolute atomic E-state index is 0.00133. The van der Waals surface area contributed by atoms with Gasteiger partial charge in [-0.2, -0.15) is 0 Å². The molecule has 1 aliphatic rings. The highest BCUT2D eigenvalue weighted by atomic mass is 19.1. The second-order valence-corrected chi connectivity index (χ2v) is 5.74. The van der Waals surface area contributed by atoms with Gasteiger partial charge in [-0.15, -0.1) is 0 Å². The maximum Gasteiger partial charge on any atom is 0.313 e. The fraction of sp³-hybridized carbons (Fsp3) is 0.500. The predicted molar refractivity (Wildman–Crippen MR) is 80.7 cm³/mol. The monoisotopic (exact) mass is 308 g/mol. The van der Waals surface area contributed by atoms with Crippen LogP contribution in [0.2, 0.25) is 0 Å². The molecule has 2 atom stereocenters. The van der Waals surface area contributed by atoms with Gasteiger partial charge in [0.25, 0.3) is 0 Å². The van der Waals surface area contributed by atoms with Gasteiger partial charge in [-0.25, -0.2) is 4.39 Å². The Labute approximate surface area is 128 Å². The van der Waals surface area contributed by atoms with Crippen LogP contribution in [0.4, 0.5) is 10.1 Å². The highest BCUT2D eigenvalue weighted by Gasteiger charge is 2.24. The van der Waals surface area contributed by atoms with Gasteiger partial charge in [-0.05, 0) is 43.5 Å². The zero-order chi connectivity index (χ0) is 16.1. The van der Waals surface area contributed by atoms with Crippen LogP contribution >= 0.6 is 0 Å². The number of rotatable bonds is 3. The van der Waals surface area contributed by atoms with Crippen LogP contribution in [0.15, 0.2) is 18.2 Å². The predicted octanol–water partition coefficient (Wildman–Crippen LogP) is 1.74. The van der Waals surface area contributed by atoms with Crippen molar-refractivity contribution in [2.75, 3.05) is 11.9 Å². The number of aliphatic hydroxyl groups excluding tert-OH is 1. The molecule has 1 aromatic carbocycles. The van der Waals surface area contributed by atoms with Crippen LogP contribution < -0.4 is 10.6 Å². The van der Waals surface area contributed by atoms with E-state index in [1.54, 1.807) is 6.92 Å². The lowest BCUT2D eigenvalue weighted by molar-refractivity contribution is -0.136. The minimum atomic E-state index is -0.795. The molecule has 0 aliphatic heterocycles. The van der Waals surface area contributed by atoms with Crippen LogP contribution in [0.1, 0.15) is 31.2 Å². The zero-order valence-corrected chi connectivity index (χ0v) is 12.6. The number of halogens is 1. The molecule has 1 aromatic rings. The molecule has 1 aliphatic carbocycles. The van der Waals surface area contributed by atoms with Gasteiger partial charge in [0, 0.05) is 18.2 Å². The van der Waals surface area contributed by atoms with E-state index < -0.39 is 17.9 Å². The number of hydrogen-bond acceptors (Lipinski definition) is 3. The first-order valence-electron chi connectivity index (χ1n) is 7.51. The van der Waals surface area contributed by atoms with Crippen molar-refractivity contribution in [3.63, 3.8) is 0 Å². The number of nitrogens with one attached hydrogen (secondary N) is 2. The Morgan fingerprint density at radius 3 is 2.68 bits per heavy atom. The Bertz CT molecular complexity index is 562. The van der Waals surface area contributed by atoms with E-state index >= 15 is 0 Å². The van der Waals surface area contributed by atoms with E-state index in [9.17, 15) is 19.1 Å². The SMILES string of the molecule is Cc1cc(NC(=O)C(=O)NC[C@@H]2CCCC[C@@H]2O)ccc1F. The van der Waals surface area contributed by atoms with Gasteiger partial charge in [0.1, 0.15) is 5.82 Å². The van der Waals surface area contributed by atoms with E-state index in [0.29, 0.717) is 11.3 Å². The summed E-state index contributed by atoms with van der Waals surface area (Å²) in [6, 6.07) is 4.10. The molecule has 0 heterocycles. The van der Waals surface area contributed by atoms with Crippen LogP contribution in [0, 0.1) is 18.7 Å². The van der Waals surface area contributed by atoms with Crippen LogP contribution in [0.3, 0.4) is 0 Å². The quantitative estimate of drug-likeness (QED) is 0.744. The number of amides is 2. The molecule has 22 heavy (non-hydrogen) atoms. The summed E-state index contributed by atoms with van der Waals surface area (Å²) in [6.45, 7) is 1.87. The van der Waals surface area contributed by atoms with E-state index in [1.165, 1.54) is 18.2 Å². The summed E-state index contributed by atoms with van der Waals surface area (Å²) in [5.41, 5.74) is 0.764. The first kappa shape index (κ1) is 16.4. The molecule has 0 spiro atoms. The molecule has 0 bridgehead atoms. The lowest BCUT2D eigenvalue weighted by Crippen LogP contribution is -2.41. The maximum atomic E-state index is 13.1. The Hall–Kier alpha value is -1.95. The molecule has 0 unspecified atom stereocenters. The van der Waals surface area contributed by atoms with E-state index in [1.807, 2.05) is 0 Å². The van der Waals surface area contributed by atoms with E-state index in [-0.39, 0.29) is 18.3 Å². The topological polar surface area (TPSA) is 78.4 Å². The highest BCUT2D eigenvalue weighted by Crippen LogP contribution is 2.23. The van der Waals surface area contributed by atoms with E-state index in [2.05, 4.69) is 10.6 Å². The molecule has 120 valence electrons. The number of carbonyl (C=O) groups excluding carboxylic acids is 2. The fourth-order valence-corrected chi connectivity index (χ4v) is 2.64. The Morgan fingerprint density at radius 1 is 1.27 bits per heavy atom. The first-order valence-corrected chi connectivity index (χ1v) is 7.51. The van der Waals surface area contributed by atoms with Crippen molar-refractivity contribution in [3.8, 4) is 0 Å². The van der Waals surface area contributed by atoms with Crippen molar-refractivity contribution in [1.82, 2.24) is 5.32 Å². The summed E-state index contributed by atoms with van der Waals surface area (Å²) in [5, 5.41) is 14.8. The number of anilines is 1. The molecule has 0 saturated heterocycles. The normalized spacial score (nSPS) is 21.2. The van der Waals surface area contributed by atoms with Gasteiger partial charge in [-0.1, -0.05) is 12.8 Å². The van der Waals surface area contributed by atoms with Gasteiger partial charge in [0.05, 0.1) is 6.10 Å². The Balaban J connectivity index is 1.84. The van der Waals surface area contributed by atoms with Crippen molar-refractivity contribution in [2.24, 2.45) is 5.92 Å².